The Balaban J connectivity index is 1.61. The summed E-state index contributed by atoms with van der Waals surface area (Å²) < 4.78 is 0. The molecule has 2 aromatic rings. The van der Waals surface area contributed by atoms with Crippen molar-refractivity contribution in [3.8, 4) is 0 Å². The third kappa shape index (κ3) is 5.65. The van der Waals surface area contributed by atoms with Crippen molar-refractivity contribution in [3.63, 3.8) is 0 Å². The number of rotatable bonds is 8. The number of carbonyl (C=O) groups excluding carboxylic acids is 1. The molecule has 0 radical (unpaired) electrons. The normalized spacial score (nSPS) is 19.8. The number of carbonyl (C=O) groups is 1. The van der Waals surface area contributed by atoms with Crippen LogP contribution in [-0.4, -0.2) is 45.2 Å². The molecule has 1 aliphatic heterocycles. The second-order valence-corrected chi connectivity index (χ2v) is 7.54. The molecule has 0 bridgehead atoms. The molecule has 1 saturated heterocycles. The highest BCUT2D eigenvalue weighted by Crippen LogP contribution is 2.18. The molecule has 0 unspecified atom stereocenters. The van der Waals surface area contributed by atoms with Gasteiger partial charge in [-0.05, 0) is 6.42 Å². The van der Waals surface area contributed by atoms with Gasteiger partial charge in [-0.2, -0.15) is 0 Å². The summed E-state index contributed by atoms with van der Waals surface area (Å²) in [5.74, 6) is 0.199. The van der Waals surface area contributed by atoms with E-state index in [4.69, 9.17) is 0 Å². The fourth-order valence-corrected chi connectivity index (χ4v) is 4.04. The minimum absolute atomic E-state index is 0.199. The van der Waals surface area contributed by atoms with Crippen LogP contribution in [-0.2, 0) is 4.79 Å². The van der Waals surface area contributed by atoms with Gasteiger partial charge in [0.1, 0.15) is 32.2 Å². The van der Waals surface area contributed by atoms with Gasteiger partial charge >= 0.3 is 0 Å². The van der Waals surface area contributed by atoms with Crippen molar-refractivity contribution in [1.29, 1.82) is 0 Å². The molecule has 2 aromatic carbocycles. The number of nitrogens with one attached hydrogen (secondary N) is 3. The molecule has 1 fully saturated rings. The second-order valence-electron chi connectivity index (χ2n) is 7.54. The SMILES string of the molecule is CCCCNC(=O)C[NH+]1CC[NH+](C(c2ccccc2)c2ccccc2)CC1. The van der Waals surface area contributed by atoms with Crippen LogP contribution in [0.15, 0.2) is 60.7 Å². The molecule has 0 aliphatic carbocycles. The van der Waals surface area contributed by atoms with Crippen LogP contribution >= 0.6 is 0 Å². The van der Waals surface area contributed by atoms with Gasteiger partial charge in [-0.15, -0.1) is 0 Å². The van der Waals surface area contributed by atoms with Crippen LogP contribution in [0.25, 0.3) is 0 Å². The molecule has 1 heterocycles. The zero-order chi connectivity index (χ0) is 18.9. The van der Waals surface area contributed by atoms with Crippen LogP contribution < -0.4 is 15.1 Å². The van der Waals surface area contributed by atoms with Gasteiger partial charge in [0.25, 0.3) is 5.91 Å². The largest absolute Gasteiger partial charge is 0.351 e. The smallest absolute Gasteiger partial charge is 0.275 e. The van der Waals surface area contributed by atoms with E-state index in [0.717, 1.165) is 45.6 Å². The Hall–Kier alpha value is -2.17. The molecule has 3 N–H and O–H groups in total. The number of piperazine rings is 1. The van der Waals surface area contributed by atoms with Crippen LogP contribution in [0, 0.1) is 0 Å². The molecule has 1 amide bonds. The maximum Gasteiger partial charge on any atom is 0.275 e. The Kier molecular flexibility index (Phi) is 7.43. The van der Waals surface area contributed by atoms with E-state index in [1.54, 1.807) is 4.90 Å². The molecule has 0 aromatic heterocycles. The summed E-state index contributed by atoms with van der Waals surface area (Å²) in [6.45, 7) is 7.84. The molecular weight excluding hydrogens is 334 g/mol. The number of unbranched alkanes of at least 4 members (excludes halogenated alkanes) is 1. The molecule has 0 atom stereocenters. The summed E-state index contributed by atoms with van der Waals surface area (Å²) in [5, 5.41) is 3.05. The summed E-state index contributed by atoms with van der Waals surface area (Å²) in [5.41, 5.74) is 2.75. The number of quaternary nitrogens is 2. The van der Waals surface area contributed by atoms with Gasteiger partial charge in [0.2, 0.25) is 0 Å². The predicted molar refractivity (Wildman–Crippen MR) is 109 cm³/mol. The highest BCUT2D eigenvalue weighted by molar-refractivity contribution is 5.76. The molecule has 144 valence electrons. The fraction of sp³-hybridized carbons (Fsp3) is 0.435. The van der Waals surface area contributed by atoms with Gasteiger partial charge in [0.05, 0.1) is 0 Å². The number of benzene rings is 2. The lowest BCUT2D eigenvalue weighted by Gasteiger charge is -2.34. The van der Waals surface area contributed by atoms with Gasteiger partial charge in [0, 0.05) is 17.7 Å². The van der Waals surface area contributed by atoms with Gasteiger partial charge in [-0.3, -0.25) is 4.79 Å². The quantitative estimate of drug-likeness (QED) is 0.583. The summed E-state index contributed by atoms with van der Waals surface area (Å²) in [6.07, 6.45) is 2.18. The zero-order valence-corrected chi connectivity index (χ0v) is 16.4. The van der Waals surface area contributed by atoms with E-state index in [1.165, 1.54) is 16.0 Å². The predicted octanol–water partition coefficient (Wildman–Crippen LogP) is 0.476. The Morgan fingerprint density at radius 3 is 2.00 bits per heavy atom. The van der Waals surface area contributed by atoms with Crippen molar-refractivity contribution in [2.24, 2.45) is 0 Å². The van der Waals surface area contributed by atoms with Crippen LogP contribution in [0.5, 0.6) is 0 Å². The molecule has 0 spiro atoms. The second kappa shape index (κ2) is 10.2. The highest BCUT2D eigenvalue weighted by atomic mass is 16.2. The van der Waals surface area contributed by atoms with Gasteiger partial charge < -0.3 is 15.1 Å². The van der Waals surface area contributed by atoms with E-state index >= 15 is 0 Å². The van der Waals surface area contributed by atoms with Gasteiger partial charge in [-0.1, -0.05) is 74.0 Å². The van der Waals surface area contributed by atoms with E-state index in [9.17, 15) is 4.79 Å². The average Bonchev–Trinajstić information content (AvgIpc) is 2.71. The lowest BCUT2D eigenvalue weighted by atomic mass is 9.96. The Morgan fingerprint density at radius 1 is 0.926 bits per heavy atom. The lowest BCUT2D eigenvalue weighted by Crippen LogP contribution is -3.28. The Bertz CT molecular complexity index is 642. The minimum atomic E-state index is 0.199. The monoisotopic (exact) mass is 367 g/mol. The van der Waals surface area contributed by atoms with E-state index < -0.39 is 0 Å². The molecule has 0 saturated carbocycles. The average molecular weight is 368 g/mol. The van der Waals surface area contributed by atoms with Crippen LogP contribution in [0.4, 0.5) is 0 Å². The van der Waals surface area contributed by atoms with E-state index in [1.807, 2.05) is 0 Å². The first kappa shape index (κ1) is 19.6. The molecule has 27 heavy (non-hydrogen) atoms. The van der Waals surface area contributed by atoms with Crippen molar-refractivity contribution in [3.05, 3.63) is 71.8 Å². The third-order valence-corrected chi connectivity index (χ3v) is 5.54. The molecule has 1 aliphatic rings. The standard InChI is InChI=1S/C23H31N3O/c1-2-3-14-24-22(27)19-25-15-17-26(18-16-25)23(20-10-6-4-7-11-20)21-12-8-5-9-13-21/h4-13,23H,2-3,14-19H2,1H3,(H,24,27)/p+2. The van der Waals surface area contributed by atoms with Gasteiger partial charge in [0.15, 0.2) is 6.54 Å². The number of hydrogen-bond donors (Lipinski definition) is 3. The molecule has 4 nitrogen and oxygen atoms in total. The number of hydrogen-bond acceptors (Lipinski definition) is 1. The maximum absolute atomic E-state index is 12.1. The van der Waals surface area contributed by atoms with Crippen LogP contribution in [0.1, 0.15) is 36.9 Å². The summed E-state index contributed by atoms with van der Waals surface area (Å²) in [7, 11) is 0. The van der Waals surface area contributed by atoms with Crippen LogP contribution in [0.2, 0.25) is 0 Å². The van der Waals surface area contributed by atoms with Crippen molar-refractivity contribution >= 4 is 5.91 Å². The number of amides is 1. The minimum Gasteiger partial charge on any atom is -0.351 e. The van der Waals surface area contributed by atoms with Crippen molar-refractivity contribution < 1.29 is 14.6 Å². The first-order valence-electron chi connectivity index (χ1n) is 10.3. The third-order valence-electron chi connectivity index (χ3n) is 5.54. The van der Waals surface area contributed by atoms with Gasteiger partial charge in [-0.25, -0.2) is 0 Å². The van der Waals surface area contributed by atoms with Crippen molar-refractivity contribution in [2.45, 2.75) is 25.8 Å². The van der Waals surface area contributed by atoms with Crippen molar-refractivity contribution in [1.82, 2.24) is 5.32 Å². The Labute approximate surface area is 163 Å². The lowest BCUT2D eigenvalue weighted by molar-refractivity contribution is -1.02. The fourth-order valence-electron chi connectivity index (χ4n) is 4.04. The molecular formula is C23H33N3O+2. The van der Waals surface area contributed by atoms with Crippen molar-refractivity contribution in [2.75, 3.05) is 39.3 Å². The summed E-state index contributed by atoms with van der Waals surface area (Å²) in [6, 6.07) is 22.0. The van der Waals surface area contributed by atoms with Crippen LogP contribution in [0.3, 0.4) is 0 Å². The molecule has 3 rings (SSSR count). The maximum atomic E-state index is 12.1. The Morgan fingerprint density at radius 2 is 1.48 bits per heavy atom. The highest BCUT2D eigenvalue weighted by Gasteiger charge is 2.32. The molecule has 4 heteroatoms. The zero-order valence-electron chi connectivity index (χ0n) is 16.4. The van der Waals surface area contributed by atoms with E-state index in [2.05, 4.69) is 72.9 Å². The van der Waals surface area contributed by atoms with E-state index in [0.29, 0.717) is 12.6 Å². The summed E-state index contributed by atoms with van der Waals surface area (Å²) in [4.78, 5) is 15.1. The topological polar surface area (TPSA) is 38.0 Å². The first-order valence-corrected chi connectivity index (χ1v) is 10.3. The summed E-state index contributed by atoms with van der Waals surface area (Å²) >= 11 is 0. The first-order chi connectivity index (χ1) is 13.3. The van der Waals surface area contributed by atoms with E-state index in [-0.39, 0.29) is 5.91 Å².